The summed E-state index contributed by atoms with van der Waals surface area (Å²) in [6, 6.07) is 16.8. The van der Waals surface area contributed by atoms with E-state index >= 15 is 0 Å². The lowest BCUT2D eigenvalue weighted by molar-refractivity contribution is 0.0793. The van der Waals surface area contributed by atoms with Gasteiger partial charge in [0.2, 0.25) is 0 Å². The largest absolute Gasteiger partial charge is 0.339 e. The number of nitrogens with one attached hydrogen (secondary N) is 1. The number of nitrogens with zero attached hydrogens (tertiary/aromatic N) is 4. The van der Waals surface area contributed by atoms with E-state index in [1.54, 1.807) is 0 Å². The monoisotopic (exact) mass is 465 g/mol. The van der Waals surface area contributed by atoms with E-state index in [2.05, 4.69) is 51.7 Å². The van der Waals surface area contributed by atoms with Gasteiger partial charge in [0, 0.05) is 64.0 Å². The van der Waals surface area contributed by atoms with E-state index in [0.717, 1.165) is 71.3 Å². The van der Waals surface area contributed by atoms with Crippen molar-refractivity contribution >= 4 is 28.1 Å². The molecular weight excluding hydrogens is 442 g/mol. The van der Waals surface area contributed by atoms with Gasteiger partial charge in [0.05, 0.1) is 23.1 Å². The molecule has 0 bridgehead atoms. The first-order valence-electron chi connectivity index (χ1n) is 11.7. The van der Waals surface area contributed by atoms with Gasteiger partial charge in [-0.15, -0.1) is 11.3 Å². The predicted octanol–water partition coefficient (Wildman–Crippen LogP) is 5.50. The molecule has 0 radical (unpaired) electrons. The van der Waals surface area contributed by atoms with E-state index in [-0.39, 0.29) is 5.91 Å². The quantitative estimate of drug-likeness (QED) is 0.375. The number of aryl methyl sites for hydroxylation is 1. The second kappa shape index (κ2) is 7.40. The average molecular weight is 466 g/mol. The van der Waals surface area contributed by atoms with Crippen LogP contribution in [-0.4, -0.2) is 43.9 Å². The molecule has 4 heterocycles. The van der Waals surface area contributed by atoms with Crippen LogP contribution in [0.3, 0.4) is 0 Å². The summed E-state index contributed by atoms with van der Waals surface area (Å²) >= 11 is 1.83. The van der Waals surface area contributed by atoms with Crippen molar-refractivity contribution in [2.45, 2.75) is 19.3 Å². The highest BCUT2D eigenvalue weighted by Gasteiger charge is 2.28. The molecule has 5 aromatic rings. The fourth-order valence-corrected chi connectivity index (χ4v) is 6.43. The number of hydrogen-bond donors (Lipinski definition) is 1. The Morgan fingerprint density at radius 2 is 1.82 bits per heavy atom. The summed E-state index contributed by atoms with van der Waals surface area (Å²) in [5.74, 6) is 0.150. The minimum Gasteiger partial charge on any atom is -0.339 e. The standard InChI is InChI=1S/C27H23N5OS/c1-31-22-12-18(8-9-19(22)15-28-31)25-21-14-24-20(26(21)30-29-25)13-23(34-24)16-4-6-17(7-5-16)27(33)32-10-2-3-11-32/h4-9,12-13,15H,2-3,10-11,14H2,1H3,(H,29,30). The Bertz CT molecular complexity index is 1570. The van der Waals surface area contributed by atoms with Crippen molar-refractivity contribution in [3.8, 4) is 33.0 Å². The number of fused-ring (bicyclic) bond motifs is 4. The zero-order chi connectivity index (χ0) is 22.8. The number of hydrogen-bond acceptors (Lipinski definition) is 4. The summed E-state index contributed by atoms with van der Waals surface area (Å²) in [7, 11) is 1.97. The summed E-state index contributed by atoms with van der Waals surface area (Å²) in [5.41, 5.74) is 8.80. The summed E-state index contributed by atoms with van der Waals surface area (Å²) in [5, 5.41) is 13.5. The van der Waals surface area contributed by atoms with Gasteiger partial charge < -0.3 is 4.90 Å². The van der Waals surface area contributed by atoms with Gasteiger partial charge in [-0.25, -0.2) is 0 Å². The molecule has 1 saturated heterocycles. The molecule has 0 atom stereocenters. The zero-order valence-electron chi connectivity index (χ0n) is 18.8. The normalized spacial score (nSPS) is 14.7. The SMILES string of the molecule is Cn1ncc2ccc(-c3n[nH]c4c3Cc3sc(-c5ccc(C(=O)N6CCCC6)cc5)cc3-4)cc21. The molecular formula is C27H23N5OS. The van der Waals surface area contributed by atoms with Gasteiger partial charge in [-0.3, -0.25) is 14.6 Å². The Labute approximate surface area is 200 Å². The van der Waals surface area contributed by atoms with Crippen LogP contribution in [0.2, 0.25) is 0 Å². The van der Waals surface area contributed by atoms with Gasteiger partial charge in [0.25, 0.3) is 5.91 Å². The first kappa shape index (κ1) is 19.7. The second-order valence-corrected chi connectivity index (χ2v) is 10.3. The van der Waals surface area contributed by atoms with Crippen LogP contribution >= 0.6 is 11.3 Å². The van der Waals surface area contributed by atoms with E-state index in [1.807, 2.05) is 46.3 Å². The number of thiophene rings is 1. The molecule has 34 heavy (non-hydrogen) atoms. The fourth-order valence-electron chi connectivity index (χ4n) is 5.24. The van der Waals surface area contributed by atoms with E-state index in [1.165, 1.54) is 20.9 Å². The van der Waals surface area contributed by atoms with Crippen molar-refractivity contribution in [2.75, 3.05) is 13.1 Å². The number of aromatic nitrogens is 4. The molecule has 0 spiro atoms. The summed E-state index contributed by atoms with van der Waals surface area (Å²) in [4.78, 5) is 17.2. The lowest BCUT2D eigenvalue weighted by Crippen LogP contribution is -2.27. The van der Waals surface area contributed by atoms with Gasteiger partial charge in [0.1, 0.15) is 0 Å². The molecule has 1 fully saturated rings. The molecule has 7 heteroatoms. The molecule has 1 aliphatic heterocycles. The molecule has 0 unspecified atom stereocenters. The third-order valence-electron chi connectivity index (χ3n) is 7.11. The second-order valence-electron chi connectivity index (χ2n) is 9.17. The highest BCUT2D eigenvalue weighted by atomic mass is 32.1. The third-order valence-corrected chi connectivity index (χ3v) is 8.30. The number of benzene rings is 2. The molecule has 1 N–H and O–H groups in total. The van der Waals surface area contributed by atoms with Crippen molar-refractivity contribution in [1.82, 2.24) is 24.9 Å². The van der Waals surface area contributed by atoms with Gasteiger partial charge in [0.15, 0.2) is 0 Å². The van der Waals surface area contributed by atoms with Gasteiger partial charge in [-0.2, -0.15) is 10.2 Å². The maximum absolute atomic E-state index is 12.7. The fraction of sp³-hybridized carbons (Fsp3) is 0.222. The van der Waals surface area contributed by atoms with Crippen LogP contribution in [0.5, 0.6) is 0 Å². The van der Waals surface area contributed by atoms with E-state index in [4.69, 9.17) is 0 Å². The van der Waals surface area contributed by atoms with Crippen molar-refractivity contribution in [3.63, 3.8) is 0 Å². The summed E-state index contributed by atoms with van der Waals surface area (Å²) in [6.07, 6.45) is 5.00. The minimum absolute atomic E-state index is 0.150. The molecule has 3 aromatic heterocycles. The number of carbonyl (C=O) groups excluding carboxylic acids is 1. The first-order valence-corrected chi connectivity index (χ1v) is 12.5. The molecule has 2 aromatic carbocycles. The maximum atomic E-state index is 12.7. The van der Waals surface area contributed by atoms with E-state index in [0.29, 0.717) is 0 Å². The van der Waals surface area contributed by atoms with Crippen molar-refractivity contribution in [2.24, 2.45) is 7.05 Å². The van der Waals surface area contributed by atoms with Gasteiger partial charge in [-0.1, -0.05) is 24.3 Å². The van der Waals surface area contributed by atoms with Crippen LogP contribution in [0.25, 0.3) is 43.9 Å². The Hall–Kier alpha value is -3.71. The number of aromatic amines is 1. The predicted molar refractivity (Wildman–Crippen MR) is 135 cm³/mol. The molecule has 2 aliphatic rings. The van der Waals surface area contributed by atoms with Gasteiger partial charge >= 0.3 is 0 Å². The Morgan fingerprint density at radius 1 is 1.03 bits per heavy atom. The highest BCUT2D eigenvalue weighted by Crippen LogP contribution is 2.46. The van der Waals surface area contributed by atoms with E-state index in [9.17, 15) is 4.79 Å². The minimum atomic E-state index is 0.150. The molecule has 168 valence electrons. The van der Waals surface area contributed by atoms with Crippen LogP contribution < -0.4 is 0 Å². The molecule has 1 amide bonds. The van der Waals surface area contributed by atoms with Crippen LogP contribution in [0.4, 0.5) is 0 Å². The van der Waals surface area contributed by atoms with Crippen LogP contribution in [0.1, 0.15) is 33.6 Å². The van der Waals surface area contributed by atoms with Crippen LogP contribution in [0.15, 0.2) is 54.7 Å². The number of H-pyrrole nitrogens is 1. The number of amides is 1. The maximum Gasteiger partial charge on any atom is 0.253 e. The summed E-state index contributed by atoms with van der Waals surface area (Å²) < 4.78 is 1.90. The highest BCUT2D eigenvalue weighted by molar-refractivity contribution is 7.16. The summed E-state index contributed by atoms with van der Waals surface area (Å²) in [6.45, 7) is 1.76. The molecule has 6 nitrogen and oxygen atoms in total. The van der Waals surface area contributed by atoms with Gasteiger partial charge in [-0.05, 0) is 42.7 Å². The Morgan fingerprint density at radius 3 is 2.65 bits per heavy atom. The molecule has 0 saturated carbocycles. The Kier molecular flexibility index (Phi) is 4.29. The number of carbonyl (C=O) groups is 1. The van der Waals surface area contributed by atoms with Crippen molar-refractivity contribution in [3.05, 3.63) is 70.7 Å². The topological polar surface area (TPSA) is 66.8 Å². The number of likely N-dealkylation sites (tertiary alicyclic amines) is 1. The Balaban J connectivity index is 1.18. The number of rotatable bonds is 3. The lowest BCUT2D eigenvalue weighted by Gasteiger charge is -2.15. The van der Waals surface area contributed by atoms with Crippen molar-refractivity contribution < 1.29 is 4.79 Å². The van der Waals surface area contributed by atoms with Crippen molar-refractivity contribution in [1.29, 1.82) is 0 Å². The smallest absolute Gasteiger partial charge is 0.253 e. The molecule has 1 aliphatic carbocycles. The zero-order valence-corrected chi connectivity index (χ0v) is 19.7. The average Bonchev–Trinajstić information content (AvgIpc) is 3.67. The van der Waals surface area contributed by atoms with E-state index < -0.39 is 0 Å². The van der Waals surface area contributed by atoms with Crippen LogP contribution in [-0.2, 0) is 13.5 Å². The van der Waals surface area contributed by atoms with Crippen LogP contribution in [0, 0.1) is 0 Å². The lowest BCUT2D eigenvalue weighted by atomic mass is 10.0. The third kappa shape index (κ3) is 2.97. The molecule has 7 rings (SSSR count). The first-order chi connectivity index (χ1) is 16.7.